The van der Waals surface area contributed by atoms with Gasteiger partial charge in [0.15, 0.2) is 11.6 Å². The molecule has 0 saturated carbocycles. The van der Waals surface area contributed by atoms with E-state index in [-0.39, 0.29) is 24.3 Å². The van der Waals surface area contributed by atoms with Gasteiger partial charge in [0.1, 0.15) is 5.60 Å². The lowest BCUT2D eigenvalue weighted by Crippen LogP contribution is -2.43. The Hall–Kier alpha value is -3.25. The van der Waals surface area contributed by atoms with Gasteiger partial charge in [-0.25, -0.2) is 9.97 Å². The molecule has 0 bridgehead atoms. The van der Waals surface area contributed by atoms with Crippen molar-refractivity contribution in [2.75, 3.05) is 63.7 Å². The summed E-state index contributed by atoms with van der Waals surface area (Å²) in [6.07, 6.45) is 7.88. The van der Waals surface area contributed by atoms with Crippen molar-refractivity contribution in [1.29, 1.82) is 0 Å². The molecule has 2 aromatic heterocycles. The molecule has 5 heterocycles. The molecule has 208 valence electrons. The second-order valence-corrected chi connectivity index (χ2v) is 11.0. The average Bonchev–Trinajstić information content (AvgIpc) is 3.60. The van der Waals surface area contributed by atoms with E-state index >= 15 is 0 Å². The van der Waals surface area contributed by atoms with E-state index in [1.54, 1.807) is 12.4 Å². The molecule has 2 atom stereocenters. The van der Waals surface area contributed by atoms with Gasteiger partial charge in [0.25, 0.3) is 5.88 Å². The van der Waals surface area contributed by atoms with Crippen molar-refractivity contribution in [3.63, 3.8) is 0 Å². The Morgan fingerprint density at radius 2 is 1.95 bits per heavy atom. The standard InChI is InChI=1S/C28H37N7O4/c1-19-17-37-10-8-34(19)23-12-20(11-21(13-23)28(36)5-9-38-18-28)25-15-30-26(29)27(32-25)39-24-14-31-35(16-24)22-3-6-33(2)7-4-22/h11-16,19,22,36H,3-10,17-18H2,1-2H3,(H2,29,30). The number of benzene rings is 1. The highest BCUT2D eigenvalue weighted by Crippen LogP contribution is 2.37. The second-order valence-electron chi connectivity index (χ2n) is 11.0. The number of nitrogens with zero attached hydrogens (tertiary/aromatic N) is 6. The van der Waals surface area contributed by atoms with E-state index in [2.05, 4.69) is 46.0 Å². The third-order valence-electron chi connectivity index (χ3n) is 8.07. The van der Waals surface area contributed by atoms with Crippen LogP contribution in [0.1, 0.15) is 37.8 Å². The maximum atomic E-state index is 11.4. The molecule has 3 aliphatic rings. The average molecular weight is 536 g/mol. The lowest BCUT2D eigenvalue weighted by atomic mass is 9.90. The van der Waals surface area contributed by atoms with E-state index in [1.165, 1.54) is 0 Å². The van der Waals surface area contributed by atoms with Crippen LogP contribution in [-0.2, 0) is 15.1 Å². The molecule has 11 nitrogen and oxygen atoms in total. The Morgan fingerprint density at radius 1 is 1.10 bits per heavy atom. The van der Waals surface area contributed by atoms with Gasteiger partial charge in [-0.2, -0.15) is 5.10 Å². The van der Waals surface area contributed by atoms with Crippen LogP contribution in [0.4, 0.5) is 11.5 Å². The van der Waals surface area contributed by atoms with E-state index in [4.69, 9.17) is 24.9 Å². The smallest absolute Gasteiger partial charge is 0.263 e. The van der Waals surface area contributed by atoms with E-state index in [1.807, 2.05) is 16.9 Å². The van der Waals surface area contributed by atoms with Crippen molar-refractivity contribution in [2.24, 2.45) is 0 Å². The number of hydrogen-bond donors (Lipinski definition) is 2. The minimum atomic E-state index is -1.05. The fourth-order valence-corrected chi connectivity index (χ4v) is 5.63. The largest absolute Gasteiger partial charge is 0.433 e. The quantitative estimate of drug-likeness (QED) is 0.487. The molecule has 3 saturated heterocycles. The Morgan fingerprint density at radius 3 is 2.72 bits per heavy atom. The number of aromatic nitrogens is 4. The number of aliphatic hydroxyl groups is 1. The zero-order chi connectivity index (χ0) is 27.0. The summed E-state index contributed by atoms with van der Waals surface area (Å²) in [6, 6.07) is 6.65. The van der Waals surface area contributed by atoms with Gasteiger partial charge in [-0.15, -0.1) is 0 Å². The molecule has 0 radical (unpaired) electrons. The summed E-state index contributed by atoms with van der Waals surface area (Å²) in [4.78, 5) is 13.8. The molecule has 0 aliphatic carbocycles. The number of nitrogen functional groups attached to an aromatic ring is 1. The molecule has 39 heavy (non-hydrogen) atoms. The number of likely N-dealkylation sites (tertiary alicyclic amines) is 1. The number of anilines is 2. The van der Waals surface area contributed by atoms with Gasteiger partial charge in [0, 0.05) is 36.9 Å². The highest BCUT2D eigenvalue weighted by molar-refractivity contribution is 5.69. The topological polar surface area (TPSA) is 124 Å². The highest BCUT2D eigenvalue weighted by atomic mass is 16.5. The number of morpholine rings is 1. The van der Waals surface area contributed by atoms with E-state index < -0.39 is 5.60 Å². The van der Waals surface area contributed by atoms with Crippen molar-refractivity contribution in [3.05, 3.63) is 42.4 Å². The van der Waals surface area contributed by atoms with Gasteiger partial charge in [-0.05, 0) is 63.7 Å². The van der Waals surface area contributed by atoms with Crippen LogP contribution >= 0.6 is 0 Å². The molecule has 0 amide bonds. The van der Waals surface area contributed by atoms with Crippen molar-refractivity contribution in [3.8, 4) is 22.9 Å². The lowest BCUT2D eigenvalue weighted by Gasteiger charge is -2.36. The SMILES string of the molecule is CC1COCCN1c1cc(-c2cnc(N)c(Oc3cnn(C4CCN(C)CC4)c3)n2)cc(C2(O)CCOC2)c1. The fraction of sp³-hybridized carbons (Fsp3) is 0.536. The first-order valence-electron chi connectivity index (χ1n) is 13.7. The van der Waals surface area contributed by atoms with Gasteiger partial charge in [-0.3, -0.25) is 4.68 Å². The molecule has 11 heteroatoms. The first-order valence-corrected chi connectivity index (χ1v) is 13.7. The number of rotatable bonds is 6. The molecule has 3 fully saturated rings. The maximum absolute atomic E-state index is 11.4. The van der Waals surface area contributed by atoms with Crippen LogP contribution in [0.15, 0.2) is 36.8 Å². The zero-order valence-corrected chi connectivity index (χ0v) is 22.6. The number of piperidine rings is 1. The van der Waals surface area contributed by atoms with Crippen LogP contribution in [0.2, 0.25) is 0 Å². The van der Waals surface area contributed by atoms with Crippen LogP contribution in [0.3, 0.4) is 0 Å². The molecule has 0 spiro atoms. The van der Waals surface area contributed by atoms with Crippen molar-refractivity contribution >= 4 is 11.5 Å². The summed E-state index contributed by atoms with van der Waals surface area (Å²) >= 11 is 0. The Balaban J connectivity index is 1.31. The first-order chi connectivity index (χ1) is 18.9. The number of ether oxygens (including phenoxy) is 3. The molecular formula is C28H37N7O4. The van der Waals surface area contributed by atoms with Crippen molar-refractivity contribution in [1.82, 2.24) is 24.6 Å². The molecule has 3 N–H and O–H groups in total. The van der Waals surface area contributed by atoms with Crippen LogP contribution in [-0.4, -0.2) is 88.9 Å². The predicted molar refractivity (Wildman–Crippen MR) is 147 cm³/mol. The van der Waals surface area contributed by atoms with Gasteiger partial charge in [-0.1, -0.05) is 0 Å². The van der Waals surface area contributed by atoms with Crippen LogP contribution in [0.5, 0.6) is 11.6 Å². The second kappa shape index (κ2) is 10.7. The number of nitrogens with two attached hydrogens (primary N) is 1. The maximum Gasteiger partial charge on any atom is 0.263 e. The lowest BCUT2D eigenvalue weighted by molar-refractivity contribution is 0.0232. The summed E-state index contributed by atoms with van der Waals surface area (Å²) in [5, 5.41) is 15.9. The van der Waals surface area contributed by atoms with E-state index in [9.17, 15) is 5.11 Å². The van der Waals surface area contributed by atoms with E-state index in [0.717, 1.165) is 49.3 Å². The predicted octanol–water partition coefficient (Wildman–Crippen LogP) is 2.81. The molecule has 3 aromatic rings. The normalized spacial score (nSPS) is 24.8. The van der Waals surface area contributed by atoms with E-state index in [0.29, 0.717) is 43.7 Å². The summed E-state index contributed by atoms with van der Waals surface area (Å²) < 4.78 is 19.3. The summed E-state index contributed by atoms with van der Waals surface area (Å²) in [7, 11) is 2.14. The summed E-state index contributed by atoms with van der Waals surface area (Å²) in [6.45, 7) is 7.09. The minimum Gasteiger partial charge on any atom is -0.433 e. The monoisotopic (exact) mass is 535 g/mol. The number of hydrogen-bond acceptors (Lipinski definition) is 10. The van der Waals surface area contributed by atoms with Gasteiger partial charge in [0.2, 0.25) is 0 Å². The van der Waals surface area contributed by atoms with Gasteiger partial charge < -0.3 is 34.9 Å². The Bertz CT molecular complexity index is 1300. The molecular weight excluding hydrogens is 498 g/mol. The zero-order valence-electron chi connectivity index (χ0n) is 22.6. The van der Waals surface area contributed by atoms with Crippen LogP contribution < -0.4 is 15.4 Å². The molecule has 1 aromatic carbocycles. The third kappa shape index (κ3) is 5.44. The summed E-state index contributed by atoms with van der Waals surface area (Å²) in [5.41, 5.74) is 8.36. The molecule has 2 unspecified atom stereocenters. The summed E-state index contributed by atoms with van der Waals surface area (Å²) in [5.74, 6) is 0.998. The fourth-order valence-electron chi connectivity index (χ4n) is 5.63. The van der Waals surface area contributed by atoms with Gasteiger partial charge in [0.05, 0.1) is 50.1 Å². The Kier molecular flexibility index (Phi) is 7.15. The van der Waals surface area contributed by atoms with Gasteiger partial charge >= 0.3 is 0 Å². The van der Waals surface area contributed by atoms with Crippen molar-refractivity contribution in [2.45, 2.75) is 43.9 Å². The minimum absolute atomic E-state index is 0.201. The van der Waals surface area contributed by atoms with Crippen LogP contribution in [0, 0.1) is 0 Å². The third-order valence-corrected chi connectivity index (χ3v) is 8.07. The van der Waals surface area contributed by atoms with Crippen molar-refractivity contribution < 1.29 is 19.3 Å². The van der Waals surface area contributed by atoms with Crippen LogP contribution in [0.25, 0.3) is 11.3 Å². The first kappa shape index (κ1) is 26.0. The molecule has 6 rings (SSSR count). The molecule has 3 aliphatic heterocycles. The highest BCUT2D eigenvalue weighted by Gasteiger charge is 2.35. The Labute approximate surface area is 228 Å².